The van der Waals surface area contributed by atoms with Gasteiger partial charge in [-0.05, 0) is 0 Å². The van der Waals surface area contributed by atoms with Crippen molar-refractivity contribution in [2.75, 3.05) is 0 Å². The topological polar surface area (TPSA) is 89.9 Å². The molecule has 4 nitrogen and oxygen atoms in total. The smallest absolute Gasteiger partial charge is 0.554 e. The molecule has 0 unspecified atom stereocenters. The van der Waals surface area contributed by atoms with Gasteiger partial charge in [0, 0.05) is 6.47 Å². The van der Waals surface area contributed by atoms with E-state index in [0.717, 1.165) is 0 Å². The van der Waals surface area contributed by atoms with Crippen LogP contribution in [0.25, 0.3) is 0 Å². The van der Waals surface area contributed by atoms with Crippen LogP contribution in [0.4, 0.5) is 0 Å². The molecule has 0 rings (SSSR count). The van der Waals surface area contributed by atoms with Gasteiger partial charge in [-0.25, -0.2) is 0 Å². The number of nitrogens with zero attached hydrogens (tertiary/aromatic N) is 1. The minimum Gasteiger partial charge on any atom is -0.554 e. The predicted octanol–water partition coefficient (Wildman–Crippen LogP) is -5.20. The summed E-state index contributed by atoms with van der Waals surface area (Å²) in [6.07, 6.45) is 1.25. The first-order valence-electron chi connectivity index (χ1n) is 0.984. The van der Waals surface area contributed by atoms with Crippen LogP contribution in [-0.4, -0.2) is 6.47 Å². The van der Waals surface area contributed by atoms with Gasteiger partial charge in [0.25, 0.3) is 0 Å². The molecule has 0 aromatic carbocycles. The fraction of sp³-hybridized carbons (Fsp3) is 0. The van der Waals surface area contributed by atoms with Gasteiger partial charge in [-0.3, -0.25) is 0 Å². The van der Waals surface area contributed by atoms with Gasteiger partial charge in [0.15, 0.2) is 6.19 Å². The van der Waals surface area contributed by atoms with Crippen LogP contribution < -0.4 is 40.4 Å². The van der Waals surface area contributed by atoms with E-state index in [1.807, 2.05) is 0 Å². The molecule has 0 spiro atoms. The molecule has 0 fully saturated rings. The molecule has 0 heterocycles. The Bertz CT molecular complexity index is 59.2. The molecule has 0 aromatic heterocycles. The van der Waals surface area contributed by atoms with Crippen LogP contribution in [0.5, 0.6) is 0 Å². The molecular weight excluding hydrogens is 107 g/mol. The summed E-state index contributed by atoms with van der Waals surface area (Å²) in [7, 11) is 0. The second-order valence-electron chi connectivity index (χ2n) is 0.225. The molecule has 0 aliphatic heterocycles. The number of carbonyl (C=O) groups excluding carboxylic acids is 1. The number of carbonyl (C=O) groups is 1. The minimum atomic E-state index is -0.500. The maximum Gasteiger partial charge on any atom is 1.00 e. The van der Waals surface area contributed by atoms with Gasteiger partial charge >= 0.3 is 29.6 Å². The van der Waals surface area contributed by atoms with Crippen molar-refractivity contribution in [2.45, 2.75) is 0 Å². The number of hydrogen-bond donors (Lipinski definition) is 1. The molecule has 34 valence electrons. The predicted molar refractivity (Wildman–Crippen MR) is 15.9 cm³/mol. The number of hydrogen-bond acceptors (Lipinski definition) is 4. The summed E-state index contributed by atoms with van der Waals surface area (Å²) in [5.74, 6) is 0. The van der Waals surface area contributed by atoms with Crippen molar-refractivity contribution < 1.29 is 39.5 Å². The van der Waals surface area contributed by atoms with Crippen LogP contribution in [0, 0.1) is 11.5 Å². The SMILES string of the molecule is N#CN.O=C[O-].[Na+]. The van der Waals surface area contributed by atoms with E-state index in [4.69, 9.17) is 15.2 Å². The molecule has 0 aromatic rings. The Labute approximate surface area is 63.2 Å². The average molecular weight is 110 g/mol. The standard InChI is InChI=1S/CH2N2.CH2O2.Na/c2*2-1-3;/h2H2;1H,(H,2,3);/q;;+1/p-1. The van der Waals surface area contributed by atoms with Gasteiger partial charge < -0.3 is 15.6 Å². The molecule has 0 saturated heterocycles. The van der Waals surface area contributed by atoms with Crippen LogP contribution in [-0.2, 0) is 4.79 Å². The normalized spacial score (nSPS) is 2.71. The fourth-order valence-electron chi connectivity index (χ4n) is 0. The van der Waals surface area contributed by atoms with Crippen molar-refractivity contribution in [1.82, 2.24) is 0 Å². The van der Waals surface area contributed by atoms with Crippen LogP contribution >= 0.6 is 0 Å². The van der Waals surface area contributed by atoms with Crippen molar-refractivity contribution in [1.29, 1.82) is 5.26 Å². The van der Waals surface area contributed by atoms with Crippen LogP contribution in [0.15, 0.2) is 0 Å². The zero-order valence-electron chi connectivity index (χ0n) is 3.92. The van der Waals surface area contributed by atoms with Crippen molar-refractivity contribution in [3.8, 4) is 6.19 Å². The van der Waals surface area contributed by atoms with E-state index in [9.17, 15) is 0 Å². The molecule has 0 radical (unpaired) electrons. The summed E-state index contributed by atoms with van der Waals surface area (Å²) in [6, 6.07) is 0. The van der Waals surface area contributed by atoms with Crippen molar-refractivity contribution in [3.63, 3.8) is 0 Å². The van der Waals surface area contributed by atoms with Crippen molar-refractivity contribution in [2.24, 2.45) is 5.73 Å². The van der Waals surface area contributed by atoms with Crippen LogP contribution in [0.3, 0.4) is 0 Å². The fourth-order valence-corrected chi connectivity index (χ4v) is 0. The third kappa shape index (κ3) is 1410. The van der Waals surface area contributed by atoms with E-state index in [1.165, 1.54) is 6.19 Å². The molecule has 5 heteroatoms. The van der Waals surface area contributed by atoms with Gasteiger partial charge in [0.05, 0.1) is 0 Å². The summed E-state index contributed by atoms with van der Waals surface area (Å²) in [4.78, 5) is 8.25. The number of rotatable bonds is 0. The summed E-state index contributed by atoms with van der Waals surface area (Å²) in [5, 5.41) is 15.3. The van der Waals surface area contributed by atoms with Crippen LogP contribution in [0.2, 0.25) is 0 Å². The summed E-state index contributed by atoms with van der Waals surface area (Å²) >= 11 is 0. The second-order valence-corrected chi connectivity index (χ2v) is 0.225. The van der Waals surface area contributed by atoms with Crippen molar-refractivity contribution in [3.05, 3.63) is 0 Å². The number of nitrogens with two attached hydrogens (primary N) is 1. The monoisotopic (exact) mass is 110 g/mol. The first kappa shape index (κ1) is 15.9. The van der Waals surface area contributed by atoms with E-state index >= 15 is 0 Å². The van der Waals surface area contributed by atoms with E-state index in [1.54, 1.807) is 0 Å². The molecule has 7 heavy (non-hydrogen) atoms. The maximum absolute atomic E-state index is 8.25. The Hall–Kier alpha value is -0.240. The average Bonchev–Trinajstić information content (AvgIpc) is 1.39. The Kier molecular flexibility index (Phi) is 95.5. The number of carboxylic acid groups (broad SMARTS) is 1. The second kappa shape index (κ2) is 42.1. The summed E-state index contributed by atoms with van der Waals surface area (Å²) in [6.45, 7) is -0.500. The molecule has 0 amide bonds. The Morgan fingerprint density at radius 1 is 1.86 bits per heavy atom. The molecule has 0 atom stereocenters. The largest absolute Gasteiger partial charge is 1.00 e. The zero-order chi connectivity index (χ0) is 5.41. The molecular formula is C2H3N2NaO2. The third-order valence-electron chi connectivity index (χ3n) is 0. The van der Waals surface area contributed by atoms with Gasteiger partial charge in [0.2, 0.25) is 0 Å². The Morgan fingerprint density at radius 2 is 1.86 bits per heavy atom. The molecule has 0 aliphatic rings. The van der Waals surface area contributed by atoms with Crippen molar-refractivity contribution >= 4 is 6.47 Å². The summed E-state index contributed by atoms with van der Waals surface area (Å²) in [5.41, 5.74) is 4.15. The van der Waals surface area contributed by atoms with Gasteiger partial charge in [-0.15, -0.1) is 0 Å². The van der Waals surface area contributed by atoms with E-state index in [2.05, 4.69) is 5.73 Å². The molecule has 0 aliphatic carbocycles. The van der Waals surface area contributed by atoms with Gasteiger partial charge in [-0.2, -0.15) is 5.26 Å². The first-order valence-corrected chi connectivity index (χ1v) is 0.984. The Morgan fingerprint density at radius 3 is 1.86 bits per heavy atom. The Balaban J connectivity index is -0.0000000400. The third-order valence-corrected chi connectivity index (χ3v) is 0. The quantitative estimate of drug-likeness (QED) is 0.146. The van der Waals surface area contributed by atoms with Gasteiger partial charge in [0.1, 0.15) is 0 Å². The molecule has 0 bridgehead atoms. The van der Waals surface area contributed by atoms with E-state index < -0.39 is 6.47 Å². The molecule has 0 saturated carbocycles. The first-order chi connectivity index (χ1) is 2.83. The maximum atomic E-state index is 8.25. The van der Waals surface area contributed by atoms with E-state index in [0.29, 0.717) is 0 Å². The molecule has 2 N–H and O–H groups in total. The van der Waals surface area contributed by atoms with E-state index in [-0.39, 0.29) is 29.6 Å². The zero-order valence-corrected chi connectivity index (χ0v) is 5.92. The minimum absolute atomic E-state index is 0. The summed E-state index contributed by atoms with van der Waals surface area (Å²) < 4.78 is 0. The van der Waals surface area contributed by atoms with Crippen LogP contribution in [0.1, 0.15) is 0 Å². The number of nitriles is 1. The van der Waals surface area contributed by atoms with Gasteiger partial charge in [-0.1, -0.05) is 0 Å².